The summed E-state index contributed by atoms with van der Waals surface area (Å²) >= 11 is 1.86. The Hall–Kier alpha value is -9.88. The van der Waals surface area contributed by atoms with Crippen LogP contribution in [0.1, 0.15) is 132 Å². The Bertz CT molecular complexity index is 5080. The van der Waals surface area contributed by atoms with Crippen LogP contribution in [0.25, 0.3) is 42.4 Å². The summed E-state index contributed by atoms with van der Waals surface area (Å²) in [5, 5.41) is 3.67. The van der Waals surface area contributed by atoms with Gasteiger partial charge in [-0.25, -0.2) is 0 Å². The van der Waals surface area contributed by atoms with Crippen molar-refractivity contribution in [1.29, 1.82) is 0 Å². The minimum atomic E-state index is -0.169. The molecule has 6 heteroatoms. The van der Waals surface area contributed by atoms with E-state index in [4.69, 9.17) is 0 Å². The van der Waals surface area contributed by atoms with E-state index in [1.165, 1.54) is 86.8 Å². The zero-order chi connectivity index (χ0) is 68.4. The molecule has 0 saturated carbocycles. The van der Waals surface area contributed by atoms with E-state index in [9.17, 15) is 0 Å². The lowest BCUT2D eigenvalue weighted by molar-refractivity contribution is 0.590. The summed E-state index contributed by atoms with van der Waals surface area (Å²) in [6.07, 6.45) is 0. The van der Waals surface area contributed by atoms with Gasteiger partial charge < -0.3 is 19.6 Å². The lowest BCUT2D eigenvalue weighted by atomic mass is 9.33. The van der Waals surface area contributed by atoms with Crippen molar-refractivity contribution < 1.29 is 0 Å². The highest BCUT2D eigenvalue weighted by atomic mass is 32.1. The van der Waals surface area contributed by atoms with Gasteiger partial charge in [0.25, 0.3) is 6.71 Å². The molecule has 0 saturated heterocycles. The summed E-state index contributed by atoms with van der Waals surface area (Å²) < 4.78 is 1.31. The highest BCUT2D eigenvalue weighted by molar-refractivity contribution is 7.22. The fraction of sp³-hybridized carbons (Fsp3) is 0.217. The first-order valence-electron chi connectivity index (χ1n) is 35.0. The zero-order valence-corrected chi connectivity index (χ0v) is 60.5. The van der Waals surface area contributed by atoms with Crippen LogP contribution in [0.15, 0.2) is 267 Å². The second kappa shape index (κ2) is 24.0. The predicted molar refractivity (Wildman–Crippen MR) is 427 cm³/mol. The van der Waals surface area contributed by atoms with Gasteiger partial charge in [0.15, 0.2) is 0 Å². The lowest BCUT2D eigenvalue weighted by Gasteiger charge is -2.46. The minimum Gasteiger partial charge on any atom is -0.311 e. The topological polar surface area (TPSA) is 13.0 Å². The van der Waals surface area contributed by atoms with Crippen molar-refractivity contribution >= 4 is 124 Å². The van der Waals surface area contributed by atoms with Gasteiger partial charge in [-0.2, -0.15) is 0 Å². The molecule has 0 radical (unpaired) electrons. The molecule has 3 heterocycles. The number of hydrogen-bond donors (Lipinski definition) is 0. The molecule has 0 amide bonds. The van der Waals surface area contributed by atoms with Crippen molar-refractivity contribution in [2.24, 2.45) is 0 Å². The molecule has 0 N–H and O–H groups in total. The van der Waals surface area contributed by atoms with Gasteiger partial charge in [-0.1, -0.05) is 249 Å². The van der Waals surface area contributed by atoms with Crippen LogP contribution < -0.4 is 36.0 Å². The Morgan fingerprint density at radius 3 is 1.35 bits per heavy atom. The van der Waals surface area contributed by atoms with E-state index in [1.54, 1.807) is 0 Å². The molecule has 0 bridgehead atoms. The van der Waals surface area contributed by atoms with Gasteiger partial charge in [0.2, 0.25) is 0 Å². The minimum absolute atomic E-state index is 0.0351. The summed E-state index contributed by atoms with van der Waals surface area (Å²) in [6, 6.07) is 102. The molecular formula is C92H89BN4S. The molecule has 0 aliphatic carbocycles. The van der Waals surface area contributed by atoms with Gasteiger partial charge in [-0.3, -0.25) is 0 Å². The van der Waals surface area contributed by atoms with Gasteiger partial charge in [-0.15, -0.1) is 11.3 Å². The smallest absolute Gasteiger partial charge is 0.252 e. The molecule has 0 spiro atoms. The standard InChI is InChI=1S/C92H89BN4S/c1-88(2,3)65-33-42-71(43-34-65)94(72-44-35-66(36-45-72)89(4,5)6)76-58-83-87-84(59-76)97(80-50-39-68(91(10,11)12)55-77(80)60-24-18-16-19-25-60)82-57-75(48-49-78(82)93(87)79-56-69(92(13,14)15)40-51-81(79)96(83)73-46-37-67(38-47-73)90(7,8)9)95(70-27-20-17-21-28-70)74-41-32-61-52-64(31-30-62(61)53-74)86-54-63-26-22-23-29-85(63)98-86/h16-59H,1-15H3. The van der Waals surface area contributed by atoms with Crippen LogP contribution in [0.3, 0.4) is 0 Å². The Morgan fingerprint density at radius 2 is 0.745 bits per heavy atom. The fourth-order valence-electron chi connectivity index (χ4n) is 14.7. The zero-order valence-electron chi connectivity index (χ0n) is 59.7. The van der Waals surface area contributed by atoms with Crippen molar-refractivity contribution in [3.63, 3.8) is 0 Å². The number of anilines is 12. The van der Waals surface area contributed by atoms with Crippen molar-refractivity contribution in [2.75, 3.05) is 19.6 Å². The van der Waals surface area contributed by atoms with Gasteiger partial charge in [0, 0.05) is 72.0 Å². The number of para-hydroxylation sites is 1. The number of thiophene rings is 1. The third-order valence-electron chi connectivity index (χ3n) is 20.4. The van der Waals surface area contributed by atoms with Gasteiger partial charge in [-0.05, 0) is 220 Å². The number of rotatable bonds is 10. The summed E-state index contributed by atoms with van der Waals surface area (Å²) in [5.41, 5.74) is 26.8. The van der Waals surface area contributed by atoms with Crippen molar-refractivity contribution in [3.8, 4) is 21.6 Å². The average Bonchev–Trinajstić information content (AvgIpc) is 0.743. The Labute approximate surface area is 586 Å². The van der Waals surface area contributed by atoms with E-state index in [2.05, 4.69) is 390 Å². The molecule has 1 aromatic heterocycles. The van der Waals surface area contributed by atoms with E-state index >= 15 is 0 Å². The second-order valence-electron chi connectivity index (χ2n) is 32.4. The van der Waals surface area contributed by atoms with Crippen LogP contribution in [-0.4, -0.2) is 6.71 Å². The maximum Gasteiger partial charge on any atom is 0.252 e. The van der Waals surface area contributed by atoms with Crippen molar-refractivity contribution in [2.45, 2.75) is 131 Å². The Kier molecular flexibility index (Phi) is 15.7. The summed E-state index contributed by atoms with van der Waals surface area (Å²) in [7, 11) is 0. The normalized spacial score (nSPS) is 13.2. The van der Waals surface area contributed by atoms with E-state index < -0.39 is 0 Å². The number of benzene rings is 12. The summed E-state index contributed by atoms with van der Waals surface area (Å²) in [5.74, 6) is 0. The van der Waals surface area contributed by atoms with E-state index in [1.807, 2.05) is 11.3 Å². The largest absolute Gasteiger partial charge is 0.311 e. The molecule has 15 rings (SSSR count). The van der Waals surface area contributed by atoms with Crippen LogP contribution in [-0.2, 0) is 27.1 Å². The maximum absolute atomic E-state index is 2.66. The first-order chi connectivity index (χ1) is 46.7. The highest BCUT2D eigenvalue weighted by Crippen LogP contribution is 2.52. The fourth-order valence-corrected chi connectivity index (χ4v) is 15.8. The molecular weight excluding hydrogens is 1200 g/mol. The van der Waals surface area contributed by atoms with E-state index in [-0.39, 0.29) is 33.8 Å². The third-order valence-corrected chi connectivity index (χ3v) is 21.6. The molecule has 4 nitrogen and oxygen atoms in total. The summed E-state index contributed by atoms with van der Waals surface area (Å²) in [4.78, 5) is 11.5. The molecule has 98 heavy (non-hydrogen) atoms. The van der Waals surface area contributed by atoms with Crippen LogP contribution in [0.4, 0.5) is 68.2 Å². The quantitative estimate of drug-likeness (QED) is 0.127. The molecule has 0 fully saturated rings. The van der Waals surface area contributed by atoms with Crippen LogP contribution in [0.2, 0.25) is 0 Å². The Morgan fingerprint density at radius 1 is 0.286 bits per heavy atom. The first-order valence-corrected chi connectivity index (χ1v) is 35.8. The van der Waals surface area contributed by atoms with E-state index in [0.717, 1.165) is 68.1 Å². The maximum atomic E-state index is 2.66. The average molecular weight is 1290 g/mol. The van der Waals surface area contributed by atoms with Gasteiger partial charge >= 0.3 is 0 Å². The van der Waals surface area contributed by atoms with Crippen LogP contribution >= 0.6 is 11.3 Å². The molecule has 13 aromatic rings. The van der Waals surface area contributed by atoms with Crippen LogP contribution in [0.5, 0.6) is 0 Å². The molecule has 0 unspecified atom stereocenters. The first kappa shape index (κ1) is 64.1. The second-order valence-corrected chi connectivity index (χ2v) is 33.5. The molecule has 2 aliphatic rings. The van der Waals surface area contributed by atoms with Crippen LogP contribution in [0, 0.1) is 0 Å². The SMILES string of the molecule is CC(C)(C)c1ccc(N(c2ccc(C(C)(C)C)cc2)c2cc3c4c(c2)N(c2ccc(C(C)(C)C)cc2-c2ccccc2)c2cc(N(c5ccccc5)c5ccc6cc(-c7cc8ccccc8s7)ccc6c5)ccc2B4c2cc(C(C)(C)C)ccc2N3c2ccc(C(C)(C)C)cc2)cc1. The third kappa shape index (κ3) is 11.8. The number of fused-ring (bicyclic) bond motifs is 6. The van der Waals surface area contributed by atoms with Crippen molar-refractivity contribution in [1.82, 2.24) is 0 Å². The number of nitrogens with zero attached hydrogens (tertiary/aromatic N) is 4. The van der Waals surface area contributed by atoms with Gasteiger partial charge in [0.05, 0.1) is 11.4 Å². The lowest BCUT2D eigenvalue weighted by Crippen LogP contribution is -2.61. The van der Waals surface area contributed by atoms with Crippen molar-refractivity contribution in [3.05, 3.63) is 295 Å². The van der Waals surface area contributed by atoms with E-state index in [0.29, 0.717) is 0 Å². The highest BCUT2D eigenvalue weighted by Gasteiger charge is 2.45. The van der Waals surface area contributed by atoms with Gasteiger partial charge in [0.1, 0.15) is 0 Å². The predicted octanol–water partition coefficient (Wildman–Crippen LogP) is 24.9. The molecule has 12 aromatic carbocycles. The monoisotopic (exact) mass is 1290 g/mol. The molecule has 486 valence electrons. The Balaban J connectivity index is 1.04. The summed E-state index contributed by atoms with van der Waals surface area (Å²) in [6.45, 7) is 34.7. The molecule has 0 atom stereocenters. The number of hydrogen-bond acceptors (Lipinski definition) is 5. The molecule has 2 aliphatic heterocycles.